The number of rotatable bonds is 3. The van der Waals surface area contributed by atoms with Crippen molar-refractivity contribution in [1.82, 2.24) is 9.97 Å². The number of fused-ring (bicyclic) bond motifs is 2. The molecule has 0 amide bonds. The van der Waals surface area contributed by atoms with Crippen LogP contribution in [-0.2, 0) is 10.8 Å². The number of ether oxygens (including phenoxy) is 1. The van der Waals surface area contributed by atoms with E-state index < -0.39 is 10.8 Å². The lowest BCUT2D eigenvalue weighted by molar-refractivity contribution is 0.460. The van der Waals surface area contributed by atoms with Gasteiger partial charge in [0.25, 0.3) is 0 Å². The molecule has 2 fully saturated rings. The Balaban J connectivity index is 1.53. The zero-order chi connectivity index (χ0) is 15.6. The summed E-state index contributed by atoms with van der Waals surface area (Å²) in [6.07, 6.45) is 4.83. The highest BCUT2D eigenvalue weighted by atomic mass is 32.2. The smallest absolute Gasteiger partial charge is 0.228 e. The third kappa shape index (κ3) is 3.08. The fourth-order valence-electron chi connectivity index (χ4n) is 3.27. The first-order valence-corrected chi connectivity index (χ1v) is 9.27. The summed E-state index contributed by atoms with van der Waals surface area (Å²) in [5.41, 5.74) is 0. The molecule has 3 heterocycles. The quantitative estimate of drug-likeness (QED) is 0.867. The number of hydrogen-bond donors (Lipinski definition) is 0. The van der Waals surface area contributed by atoms with E-state index in [1.807, 2.05) is 30.3 Å². The summed E-state index contributed by atoms with van der Waals surface area (Å²) in [6.45, 7) is 1.64. The molecule has 6 heteroatoms. The van der Waals surface area contributed by atoms with Gasteiger partial charge in [0.1, 0.15) is 5.75 Å². The molecule has 5 nitrogen and oxygen atoms in total. The Bertz CT molecular complexity index is 710. The molecule has 0 aliphatic carbocycles. The number of benzene rings is 1. The van der Waals surface area contributed by atoms with Crippen molar-refractivity contribution < 1.29 is 8.95 Å². The van der Waals surface area contributed by atoms with Gasteiger partial charge in [0.15, 0.2) is 0 Å². The monoisotopic (exact) mass is 329 g/mol. The second kappa shape index (κ2) is 6.28. The highest BCUT2D eigenvalue weighted by Crippen LogP contribution is 2.31. The lowest BCUT2D eigenvalue weighted by Crippen LogP contribution is -2.33. The van der Waals surface area contributed by atoms with E-state index in [1.165, 1.54) is 0 Å². The predicted molar refractivity (Wildman–Crippen MR) is 90.3 cm³/mol. The first-order valence-electron chi connectivity index (χ1n) is 8.00. The number of nitrogens with zero attached hydrogens (tertiary/aromatic N) is 3. The molecule has 3 unspecified atom stereocenters. The predicted octanol–water partition coefficient (Wildman–Crippen LogP) is 2.76. The summed E-state index contributed by atoms with van der Waals surface area (Å²) in [5.74, 6) is 1.97. The maximum Gasteiger partial charge on any atom is 0.228 e. The van der Waals surface area contributed by atoms with Crippen LogP contribution in [0, 0.1) is 0 Å². The van der Waals surface area contributed by atoms with Crippen molar-refractivity contribution in [1.29, 1.82) is 0 Å². The van der Waals surface area contributed by atoms with Crippen LogP contribution in [0.25, 0.3) is 0 Å². The molecule has 1 aromatic carbocycles. The highest BCUT2D eigenvalue weighted by Gasteiger charge is 2.37. The van der Waals surface area contributed by atoms with Crippen LogP contribution in [0.15, 0.2) is 42.6 Å². The first-order chi connectivity index (χ1) is 11.3. The van der Waals surface area contributed by atoms with E-state index in [0.29, 0.717) is 17.1 Å². The summed E-state index contributed by atoms with van der Waals surface area (Å²) in [4.78, 5) is 11.1. The third-order valence-electron chi connectivity index (χ3n) is 4.48. The molecule has 2 saturated heterocycles. The largest absolute Gasteiger partial charge is 0.439 e. The molecule has 3 atom stereocenters. The Hall–Kier alpha value is -1.95. The minimum atomic E-state index is -0.696. The molecule has 0 radical (unpaired) electrons. The van der Waals surface area contributed by atoms with Gasteiger partial charge in [0, 0.05) is 41.4 Å². The molecule has 0 N–H and O–H groups in total. The zero-order valence-corrected chi connectivity index (χ0v) is 13.6. The van der Waals surface area contributed by atoms with Crippen LogP contribution in [0.3, 0.4) is 0 Å². The minimum absolute atomic E-state index is 0.254. The van der Waals surface area contributed by atoms with Gasteiger partial charge >= 0.3 is 0 Å². The van der Waals surface area contributed by atoms with Crippen LogP contribution >= 0.6 is 0 Å². The molecule has 2 aliphatic rings. The van der Waals surface area contributed by atoms with Crippen LogP contribution in [0.4, 0.5) is 5.95 Å². The molecule has 0 saturated carbocycles. The molecule has 23 heavy (non-hydrogen) atoms. The summed E-state index contributed by atoms with van der Waals surface area (Å²) >= 11 is 0. The van der Waals surface area contributed by atoms with Crippen LogP contribution in [0.2, 0.25) is 0 Å². The van der Waals surface area contributed by atoms with E-state index in [-0.39, 0.29) is 5.25 Å². The summed E-state index contributed by atoms with van der Waals surface area (Å²) in [7, 11) is -0.696. The van der Waals surface area contributed by atoms with E-state index in [1.54, 1.807) is 12.3 Å². The second-order valence-corrected chi connectivity index (χ2v) is 7.98. The van der Waals surface area contributed by atoms with Crippen molar-refractivity contribution >= 4 is 16.7 Å². The fourth-order valence-corrected chi connectivity index (χ4v) is 5.22. The number of para-hydroxylation sites is 1. The molecule has 2 bridgehead atoms. The van der Waals surface area contributed by atoms with Crippen molar-refractivity contribution in [2.24, 2.45) is 0 Å². The molecular formula is C17H19N3O2S. The SMILES string of the molecule is O=S1C2CCC1CN(c1nccc(Oc3ccccc3)n1)CC2. The van der Waals surface area contributed by atoms with Gasteiger partial charge in [0.2, 0.25) is 11.8 Å². The van der Waals surface area contributed by atoms with Gasteiger partial charge in [-0.3, -0.25) is 4.21 Å². The lowest BCUT2D eigenvalue weighted by Gasteiger charge is -2.23. The number of hydrogen-bond acceptors (Lipinski definition) is 5. The molecular weight excluding hydrogens is 310 g/mol. The summed E-state index contributed by atoms with van der Waals surface area (Å²) in [6, 6.07) is 11.4. The molecule has 1 aromatic heterocycles. The van der Waals surface area contributed by atoms with Gasteiger partial charge in [-0.15, -0.1) is 0 Å². The van der Waals surface area contributed by atoms with Crippen molar-refractivity contribution in [3.05, 3.63) is 42.6 Å². The van der Waals surface area contributed by atoms with E-state index in [4.69, 9.17) is 4.74 Å². The van der Waals surface area contributed by atoms with E-state index in [0.717, 1.165) is 38.1 Å². The van der Waals surface area contributed by atoms with Gasteiger partial charge in [0.05, 0.1) is 5.25 Å². The normalized spacial score (nSPS) is 26.8. The highest BCUT2D eigenvalue weighted by molar-refractivity contribution is 7.86. The maximum absolute atomic E-state index is 12.3. The Morgan fingerprint density at radius 1 is 1.09 bits per heavy atom. The molecule has 2 aliphatic heterocycles. The summed E-state index contributed by atoms with van der Waals surface area (Å²) < 4.78 is 18.1. The van der Waals surface area contributed by atoms with Gasteiger partial charge in [-0.1, -0.05) is 18.2 Å². The Morgan fingerprint density at radius 3 is 2.78 bits per heavy atom. The second-order valence-electron chi connectivity index (χ2n) is 5.99. The van der Waals surface area contributed by atoms with Crippen LogP contribution in [0.1, 0.15) is 19.3 Å². The Labute approximate surface area is 138 Å². The molecule has 2 aromatic rings. The summed E-state index contributed by atoms with van der Waals surface area (Å²) in [5, 5.41) is 0.610. The van der Waals surface area contributed by atoms with Crippen molar-refractivity contribution in [3.8, 4) is 11.6 Å². The van der Waals surface area contributed by atoms with Crippen LogP contribution in [0.5, 0.6) is 11.6 Å². The third-order valence-corrected chi connectivity index (χ3v) is 6.65. The minimum Gasteiger partial charge on any atom is -0.439 e. The molecule has 4 rings (SSSR count). The van der Waals surface area contributed by atoms with Gasteiger partial charge in [-0.05, 0) is 31.4 Å². The van der Waals surface area contributed by atoms with Crippen molar-refractivity contribution in [3.63, 3.8) is 0 Å². The standard InChI is InChI=1S/C17H19N3O2S/c21-23-14-6-7-15(23)12-20(11-9-14)17-18-10-8-16(19-17)22-13-4-2-1-3-5-13/h1-5,8,10,14-15H,6-7,9,11-12H2. The Morgan fingerprint density at radius 2 is 1.91 bits per heavy atom. The average Bonchev–Trinajstić information content (AvgIpc) is 2.81. The Kier molecular flexibility index (Phi) is 3.99. The van der Waals surface area contributed by atoms with Crippen molar-refractivity contribution in [2.45, 2.75) is 29.8 Å². The van der Waals surface area contributed by atoms with E-state index in [2.05, 4.69) is 14.9 Å². The number of anilines is 1. The fraction of sp³-hybridized carbons (Fsp3) is 0.412. The maximum atomic E-state index is 12.3. The van der Waals surface area contributed by atoms with E-state index in [9.17, 15) is 4.21 Å². The van der Waals surface area contributed by atoms with Gasteiger partial charge < -0.3 is 9.64 Å². The van der Waals surface area contributed by atoms with E-state index >= 15 is 0 Å². The molecule has 120 valence electrons. The van der Waals surface area contributed by atoms with Crippen LogP contribution in [-0.4, -0.2) is 37.8 Å². The van der Waals surface area contributed by atoms with Crippen molar-refractivity contribution in [2.75, 3.05) is 18.0 Å². The number of aromatic nitrogens is 2. The molecule has 0 spiro atoms. The first kappa shape index (κ1) is 14.6. The topological polar surface area (TPSA) is 55.3 Å². The zero-order valence-electron chi connectivity index (χ0n) is 12.8. The average molecular weight is 329 g/mol. The van der Waals surface area contributed by atoms with Gasteiger partial charge in [-0.2, -0.15) is 4.98 Å². The lowest BCUT2D eigenvalue weighted by atomic mass is 10.1. The van der Waals surface area contributed by atoms with Crippen LogP contribution < -0.4 is 9.64 Å². The van der Waals surface area contributed by atoms with Gasteiger partial charge in [-0.25, -0.2) is 4.98 Å².